The average Bonchev–Trinajstić information content (AvgIpc) is 2.91. The molecule has 1 aliphatic heterocycles. The van der Waals surface area contributed by atoms with Gasteiger partial charge in [0.2, 0.25) is 11.8 Å². The predicted molar refractivity (Wildman–Crippen MR) is 95.7 cm³/mol. The van der Waals surface area contributed by atoms with Gasteiger partial charge in [-0.05, 0) is 6.07 Å². The smallest absolute Gasteiger partial charge is 0.240 e. The fourth-order valence-corrected chi connectivity index (χ4v) is 3.40. The minimum absolute atomic E-state index is 0.0789. The summed E-state index contributed by atoms with van der Waals surface area (Å²) in [6.45, 7) is 2.17. The Hall–Kier alpha value is -2.45. The largest absolute Gasteiger partial charge is 0.492 e. The molecule has 2 amide bonds. The van der Waals surface area contributed by atoms with Gasteiger partial charge in [-0.15, -0.1) is 11.3 Å². The maximum Gasteiger partial charge on any atom is 0.240 e. The third kappa shape index (κ3) is 4.77. The van der Waals surface area contributed by atoms with Crippen LogP contribution in [-0.4, -0.2) is 48.4 Å². The number of thiazole rings is 1. The number of ether oxygens (including phenoxy) is 1. The first-order chi connectivity index (χ1) is 12.1. The third-order valence-electron chi connectivity index (χ3n) is 3.81. The van der Waals surface area contributed by atoms with Gasteiger partial charge in [-0.25, -0.2) is 4.98 Å². The average molecular weight is 360 g/mol. The molecular weight excluding hydrogens is 340 g/mol. The summed E-state index contributed by atoms with van der Waals surface area (Å²) in [6.07, 6.45) is 1.88. The maximum atomic E-state index is 12.3. The number of para-hydroxylation sites is 1. The molecule has 132 valence electrons. The van der Waals surface area contributed by atoms with Gasteiger partial charge in [-0.2, -0.15) is 0 Å². The van der Waals surface area contributed by atoms with E-state index in [0.717, 1.165) is 16.2 Å². The summed E-state index contributed by atoms with van der Waals surface area (Å²) in [5.74, 6) is 0.675. The Morgan fingerprint density at radius 1 is 1.32 bits per heavy atom. The molecule has 1 aromatic heterocycles. The zero-order chi connectivity index (χ0) is 17.6. The Morgan fingerprint density at radius 3 is 3.00 bits per heavy atom. The van der Waals surface area contributed by atoms with E-state index in [1.807, 2.05) is 29.2 Å². The monoisotopic (exact) mass is 360 g/mol. The summed E-state index contributed by atoms with van der Waals surface area (Å²) in [7, 11) is 1.59. The van der Waals surface area contributed by atoms with Crippen molar-refractivity contribution in [3.05, 3.63) is 40.9 Å². The summed E-state index contributed by atoms with van der Waals surface area (Å²) < 4.78 is 5.71. The molecule has 0 fully saturated rings. The molecule has 0 saturated carbocycles. The third-order valence-corrected chi connectivity index (χ3v) is 4.73. The maximum absolute atomic E-state index is 12.3. The zero-order valence-corrected chi connectivity index (χ0v) is 14.8. The Kier molecular flexibility index (Phi) is 5.62. The summed E-state index contributed by atoms with van der Waals surface area (Å²) >= 11 is 1.31. The number of nitrogens with one attached hydrogen (secondary N) is 2. The van der Waals surface area contributed by atoms with Gasteiger partial charge in [0.05, 0.1) is 13.0 Å². The van der Waals surface area contributed by atoms with Crippen LogP contribution in [0.15, 0.2) is 30.5 Å². The minimum Gasteiger partial charge on any atom is -0.492 e. The number of nitrogens with zero attached hydrogens (tertiary/aromatic N) is 2. The number of benzene rings is 1. The standard InChI is InChI=1S/C17H20N4O3S/c1-18-15(22)8-13-9-19-17(25-13)20-16(23)11-21-6-7-24-14-5-3-2-4-12(14)10-21/h2-5,9H,6-8,10-11H2,1H3,(H,18,22)(H,19,20,23). The van der Waals surface area contributed by atoms with Crippen LogP contribution in [0.1, 0.15) is 10.4 Å². The van der Waals surface area contributed by atoms with Crippen molar-refractivity contribution in [2.24, 2.45) is 0 Å². The normalized spacial score (nSPS) is 14.1. The zero-order valence-electron chi connectivity index (χ0n) is 13.9. The van der Waals surface area contributed by atoms with Gasteiger partial charge in [0.25, 0.3) is 0 Å². The van der Waals surface area contributed by atoms with Crippen molar-refractivity contribution in [3.8, 4) is 5.75 Å². The van der Waals surface area contributed by atoms with Crippen LogP contribution in [-0.2, 0) is 22.6 Å². The Bertz CT molecular complexity index is 762. The predicted octanol–water partition coefficient (Wildman–Crippen LogP) is 1.26. The van der Waals surface area contributed by atoms with Gasteiger partial charge in [0.15, 0.2) is 5.13 Å². The molecule has 0 saturated heterocycles. The molecule has 2 heterocycles. The molecule has 8 heteroatoms. The number of carbonyl (C=O) groups excluding carboxylic acids is 2. The number of rotatable bonds is 5. The number of fused-ring (bicyclic) bond motifs is 1. The second kappa shape index (κ2) is 8.09. The first-order valence-electron chi connectivity index (χ1n) is 8.02. The molecule has 0 atom stereocenters. The van der Waals surface area contributed by atoms with Gasteiger partial charge in [0.1, 0.15) is 12.4 Å². The first kappa shape index (κ1) is 17.4. The van der Waals surface area contributed by atoms with E-state index in [4.69, 9.17) is 4.74 Å². The number of hydrogen-bond donors (Lipinski definition) is 2. The summed E-state index contributed by atoms with van der Waals surface area (Å²) in [5.41, 5.74) is 1.08. The van der Waals surface area contributed by atoms with Gasteiger partial charge in [-0.3, -0.25) is 14.5 Å². The van der Waals surface area contributed by atoms with Gasteiger partial charge in [-0.1, -0.05) is 18.2 Å². The van der Waals surface area contributed by atoms with Crippen molar-refractivity contribution in [1.29, 1.82) is 0 Å². The highest BCUT2D eigenvalue weighted by Crippen LogP contribution is 2.22. The van der Waals surface area contributed by atoms with E-state index in [0.29, 0.717) is 24.8 Å². The van der Waals surface area contributed by atoms with Crippen LogP contribution >= 0.6 is 11.3 Å². The molecule has 25 heavy (non-hydrogen) atoms. The van der Waals surface area contributed by atoms with Gasteiger partial charge >= 0.3 is 0 Å². The van der Waals surface area contributed by atoms with E-state index in [1.165, 1.54) is 11.3 Å². The molecule has 2 aromatic rings. The molecule has 1 aromatic carbocycles. The molecule has 0 aliphatic carbocycles. The van der Waals surface area contributed by atoms with Crippen LogP contribution in [0.25, 0.3) is 0 Å². The van der Waals surface area contributed by atoms with E-state index < -0.39 is 0 Å². The molecule has 7 nitrogen and oxygen atoms in total. The van der Waals surface area contributed by atoms with Crippen LogP contribution in [0.4, 0.5) is 5.13 Å². The lowest BCUT2D eigenvalue weighted by atomic mass is 10.2. The highest BCUT2D eigenvalue weighted by atomic mass is 32.1. The van der Waals surface area contributed by atoms with Crippen molar-refractivity contribution >= 4 is 28.3 Å². The number of aromatic nitrogens is 1. The molecule has 0 bridgehead atoms. The second-order valence-electron chi connectivity index (χ2n) is 5.70. The summed E-state index contributed by atoms with van der Waals surface area (Å²) in [5, 5.41) is 5.87. The highest BCUT2D eigenvalue weighted by molar-refractivity contribution is 7.15. The van der Waals surface area contributed by atoms with E-state index in [2.05, 4.69) is 15.6 Å². The Balaban J connectivity index is 1.55. The van der Waals surface area contributed by atoms with Crippen LogP contribution < -0.4 is 15.4 Å². The first-order valence-corrected chi connectivity index (χ1v) is 8.84. The molecule has 0 unspecified atom stereocenters. The van der Waals surface area contributed by atoms with E-state index in [9.17, 15) is 9.59 Å². The topological polar surface area (TPSA) is 83.6 Å². The minimum atomic E-state index is -0.125. The number of anilines is 1. The number of likely N-dealkylation sites (N-methyl/N-ethyl adjacent to an activating group) is 1. The van der Waals surface area contributed by atoms with Gasteiger partial charge in [0, 0.05) is 36.8 Å². The molecular formula is C17H20N4O3S. The van der Waals surface area contributed by atoms with Crippen molar-refractivity contribution in [1.82, 2.24) is 15.2 Å². The number of hydrogen-bond acceptors (Lipinski definition) is 6. The van der Waals surface area contributed by atoms with Crippen molar-refractivity contribution in [2.75, 3.05) is 32.1 Å². The molecule has 3 rings (SSSR count). The molecule has 0 spiro atoms. The lowest BCUT2D eigenvalue weighted by molar-refractivity contribution is -0.120. The van der Waals surface area contributed by atoms with Crippen LogP contribution in [0.3, 0.4) is 0 Å². The number of carbonyl (C=O) groups is 2. The highest BCUT2D eigenvalue weighted by Gasteiger charge is 2.18. The van der Waals surface area contributed by atoms with Crippen molar-refractivity contribution in [2.45, 2.75) is 13.0 Å². The molecule has 2 N–H and O–H groups in total. The molecule has 0 radical (unpaired) electrons. The van der Waals surface area contributed by atoms with E-state index >= 15 is 0 Å². The number of amides is 2. The van der Waals surface area contributed by atoms with Crippen LogP contribution in [0, 0.1) is 0 Å². The van der Waals surface area contributed by atoms with E-state index in [1.54, 1.807) is 13.2 Å². The second-order valence-corrected chi connectivity index (χ2v) is 6.81. The lowest BCUT2D eigenvalue weighted by Gasteiger charge is -2.18. The lowest BCUT2D eigenvalue weighted by Crippen LogP contribution is -2.34. The van der Waals surface area contributed by atoms with Gasteiger partial charge < -0.3 is 15.4 Å². The molecule has 1 aliphatic rings. The summed E-state index contributed by atoms with van der Waals surface area (Å²) in [6, 6.07) is 7.87. The quantitative estimate of drug-likeness (QED) is 0.839. The SMILES string of the molecule is CNC(=O)Cc1cnc(NC(=O)CN2CCOc3ccccc3C2)s1. The van der Waals surface area contributed by atoms with Crippen molar-refractivity contribution in [3.63, 3.8) is 0 Å². The fraction of sp³-hybridized carbons (Fsp3) is 0.353. The Morgan fingerprint density at radius 2 is 2.16 bits per heavy atom. The van der Waals surface area contributed by atoms with Crippen LogP contribution in [0.2, 0.25) is 0 Å². The van der Waals surface area contributed by atoms with Crippen LogP contribution in [0.5, 0.6) is 5.75 Å². The van der Waals surface area contributed by atoms with E-state index in [-0.39, 0.29) is 24.8 Å². The summed E-state index contributed by atoms with van der Waals surface area (Å²) in [4.78, 5) is 30.7. The Labute approximate surface area is 150 Å². The fourth-order valence-electron chi connectivity index (χ4n) is 2.57. The van der Waals surface area contributed by atoms with Crippen molar-refractivity contribution < 1.29 is 14.3 Å².